The zero-order valence-corrected chi connectivity index (χ0v) is 15.7. The summed E-state index contributed by atoms with van der Waals surface area (Å²) in [4.78, 5) is 4.38. The Kier molecular flexibility index (Phi) is 6.25. The van der Waals surface area contributed by atoms with Crippen LogP contribution in [-0.2, 0) is 20.7 Å². The molecule has 1 aliphatic rings. The first kappa shape index (κ1) is 20.2. The summed E-state index contributed by atoms with van der Waals surface area (Å²) in [6, 6.07) is 16.4. The van der Waals surface area contributed by atoms with Crippen molar-refractivity contribution in [1.82, 2.24) is 0 Å². The minimum atomic E-state index is -4.92. The maximum Gasteiger partial charge on any atom is 0.290 e. The zero-order chi connectivity index (χ0) is 19.4. The van der Waals surface area contributed by atoms with Gasteiger partial charge >= 0.3 is 0 Å². The molecule has 0 radical (unpaired) electrons. The van der Waals surface area contributed by atoms with Crippen molar-refractivity contribution in [3.8, 4) is 0 Å². The number of ether oxygens (including phenoxy) is 1. The Bertz CT molecular complexity index is 895. The molecule has 26 heavy (non-hydrogen) atoms. The van der Waals surface area contributed by atoms with Gasteiger partial charge in [-0.1, -0.05) is 41.9 Å². The van der Waals surface area contributed by atoms with Gasteiger partial charge in [0.1, 0.15) is 0 Å². The lowest BCUT2D eigenvalue weighted by atomic mass is 9.86. The van der Waals surface area contributed by atoms with E-state index in [9.17, 15) is 0 Å². The van der Waals surface area contributed by atoms with Gasteiger partial charge in [-0.05, 0) is 37.6 Å². The van der Waals surface area contributed by atoms with Gasteiger partial charge in [-0.15, -0.1) is 0 Å². The number of nitrogens with zero attached hydrogens (tertiary/aromatic N) is 1. The maximum atomic E-state index is 8.63. The average molecular weight is 398 g/mol. The van der Waals surface area contributed by atoms with Gasteiger partial charge in [0, 0.05) is 22.8 Å². The number of hydrogen-bond donors (Lipinski definition) is 2. The molecule has 140 valence electrons. The molecule has 1 atom stereocenters. The van der Waals surface area contributed by atoms with E-state index in [4.69, 9.17) is 33.9 Å². The number of rotatable bonds is 2. The second kappa shape index (κ2) is 8.05. The summed E-state index contributed by atoms with van der Waals surface area (Å²) in [7, 11) is -4.92. The minimum absolute atomic E-state index is 0.540. The summed E-state index contributed by atoms with van der Waals surface area (Å²) >= 11 is 6.18. The molecule has 0 saturated heterocycles. The fraction of sp³-hybridized carbons (Fsp3) is 0.235. The fourth-order valence-electron chi connectivity index (χ4n) is 2.60. The van der Waals surface area contributed by atoms with Crippen molar-refractivity contribution in [1.29, 1.82) is 0 Å². The Morgan fingerprint density at radius 1 is 1.27 bits per heavy atom. The smallest absolute Gasteiger partial charge is 0.290 e. The summed E-state index contributed by atoms with van der Waals surface area (Å²) in [5.41, 5.74) is 2.44. The van der Waals surface area contributed by atoms with Gasteiger partial charge in [0.15, 0.2) is 5.60 Å². The lowest BCUT2D eigenvalue weighted by Crippen LogP contribution is -2.39. The van der Waals surface area contributed by atoms with Crippen molar-refractivity contribution in [2.45, 2.75) is 19.4 Å². The van der Waals surface area contributed by atoms with Crippen molar-refractivity contribution in [2.24, 2.45) is 4.99 Å². The minimum Gasteiger partial charge on any atom is -0.726 e. The van der Waals surface area contributed by atoms with E-state index in [1.807, 2.05) is 50.2 Å². The third-order valence-corrected chi connectivity index (χ3v) is 3.90. The molecule has 3 rings (SSSR count). The molecule has 0 aromatic heterocycles. The predicted octanol–water partition coefficient (Wildman–Crippen LogP) is 3.43. The number of halogens is 1. The molecule has 0 spiro atoms. The topological polar surface area (TPSA) is 111 Å². The van der Waals surface area contributed by atoms with Crippen LogP contribution < -0.4 is 5.32 Å². The molecule has 7 nitrogen and oxygen atoms in total. The Hall–Kier alpha value is -2.13. The molecule has 0 fully saturated rings. The molecule has 0 saturated carbocycles. The van der Waals surface area contributed by atoms with Crippen molar-refractivity contribution < 1.29 is 22.3 Å². The van der Waals surface area contributed by atoms with Crippen LogP contribution in [0.3, 0.4) is 0 Å². The highest BCUT2D eigenvalue weighted by Gasteiger charge is 2.38. The van der Waals surface area contributed by atoms with E-state index in [1.54, 1.807) is 0 Å². The standard InChI is InChI=1S/C17H17ClN2O.H2O4S/c1-3-19-16-20-15-10-9-13(18)11-14(15)17(2,21-16)12-7-5-4-6-8-12;1-5(2,3)4/h4-11H,3H2,1-2H3,(H,19,20);(H2,1,2,3,4)/p-1. The molecular formula is C17H18ClN2O5S-. The van der Waals surface area contributed by atoms with Gasteiger partial charge in [0.25, 0.3) is 6.02 Å². The molecule has 0 bridgehead atoms. The number of anilines is 1. The number of hydrogen-bond acceptors (Lipinski definition) is 5. The van der Waals surface area contributed by atoms with Crippen LogP contribution in [0, 0.1) is 0 Å². The van der Waals surface area contributed by atoms with Crippen LogP contribution in [-0.4, -0.2) is 30.1 Å². The van der Waals surface area contributed by atoms with E-state index in [2.05, 4.69) is 22.4 Å². The van der Waals surface area contributed by atoms with Crippen LogP contribution in [0.15, 0.2) is 53.5 Å². The molecule has 1 aliphatic heterocycles. The highest BCUT2D eigenvalue weighted by atomic mass is 35.5. The largest absolute Gasteiger partial charge is 0.726 e. The maximum absolute atomic E-state index is 8.63. The molecule has 0 amide bonds. The number of benzene rings is 2. The van der Waals surface area contributed by atoms with E-state index in [0.29, 0.717) is 17.6 Å². The molecule has 2 N–H and O–H groups in total. The number of amidine groups is 1. The Labute approximate surface area is 157 Å². The number of fused-ring (bicyclic) bond motifs is 1. The highest BCUT2D eigenvalue weighted by Crippen LogP contribution is 2.41. The van der Waals surface area contributed by atoms with E-state index in [0.717, 1.165) is 16.8 Å². The second-order valence-electron chi connectivity index (χ2n) is 5.52. The summed E-state index contributed by atoms with van der Waals surface area (Å²) in [6.07, 6.45) is 0. The fourth-order valence-corrected chi connectivity index (χ4v) is 2.77. The normalized spacial score (nSPS) is 20.3. The SMILES string of the molecule is CCN=C1Nc2ccc(Cl)cc2C(C)(c2ccccc2)O1.O=S(=O)([O-])O. The Morgan fingerprint density at radius 2 is 1.88 bits per heavy atom. The van der Waals surface area contributed by atoms with E-state index in [-0.39, 0.29) is 0 Å². The zero-order valence-electron chi connectivity index (χ0n) is 14.1. The van der Waals surface area contributed by atoms with Crippen molar-refractivity contribution in [3.63, 3.8) is 0 Å². The molecule has 1 unspecified atom stereocenters. The number of nitrogens with one attached hydrogen (secondary N) is 1. The van der Waals surface area contributed by atoms with E-state index >= 15 is 0 Å². The lowest BCUT2D eigenvalue weighted by molar-refractivity contribution is 0.112. The van der Waals surface area contributed by atoms with Crippen molar-refractivity contribution in [3.05, 3.63) is 64.7 Å². The third-order valence-electron chi connectivity index (χ3n) is 3.66. The molecule has 2 aromatic carbocycles. The van der Waals surface area contributed by atoms with Crippen LogP contribution >= 0.6 is 11.6 Å². The van der Waals surface area contributed by atoms with Gasteiger partial charge in [-0.2, -0.15) is 0 Å². The Balaban J connectivity index is 0.000000431. The van der Waals surface area contributed by atoms with Crippen molar-refractivity contribution >= 4 is 33.7 Å². The van der Waals surface area contributed by atoms with Gasteiger partial charge in [0.2, 0.25) is 10.4 Å². The molecular weight excluding hydrogens is 380 g/mol. The summed E-state index contributed by atoms with van der Waals surface area (Å²) in [5.74, 6) is 0. The van der Waals surface area contributed by atoms with Crippen LogP contribution in [0.4, 0.5) is 5.69 Å². The average Bonchev–Trinajstić information content (AvgIpc) is 2.55. The quantitative estimate of drug-likeness (QED) is 0.593. The second-order valence-corrected chi connectivity index (χ2v) is 6.82. The van der Waals surface area contributed by atoms with Gasteiger partial charge in [-0.3, -0.25) is 4.55 Å². The summed E-state index contributed by atoms with van der Waals surface area (Å²) in [6.45, 7) is 4.69. The lowest BCUT2D eigenvalue weighted by Gasteiger charge is -2.38. The van der Waals surface area contributed by atoms with Crippen LogP contribution in [0.5, 0.6) is 0 Å². The van der Waals surface area contributed by atoms with Crippen LogP contribution in [0.25, 0.3) is 0 Å². The van der Waals surface area contributed by atoms with Crippen LogP contribution in [0.1, 0.15) is 25.0 Å². The molecule has 1 heterocycles. The van der Waals surface area contributed by atoms with Gasteiger partial charge in [-0.25, -0.2) is 13.4 Å². The predicted molar refractivity (Wildman–Crippen MR) is 99.4 cm³/mol. The first-order valence-corrected chi connectivity index (χ1v) is 9.42. The van der Waals surface area contributed by atoms with Crippen LogP contribution in [0.2, 0.25) is 5.02 Å². The first-order valence-electron chi connectivity index (χ1n) is 7.68. The summed E-state index contributed by atoms with van der Waals surface area (Å²) in [5, 5.41) is 3.91. The highest BCUT2D eigenvalue weighted by molar-refractivity contribution is 7.79. The Morgan fingerprint density at radius 3 is 2.46 bits per heavy atom. The first-order chi connectivity index (χ1) is 12.1. The van der Waals surface area contributed by atoms with E-state index < -0.39 is 16.0 Å². The van der Waals surface area contributed by atoms with Gasteiger partial charge in [0.05, 0.1) is 0 Å². The van der Waals surface area contributed by atoms with E-state index in [1.165, 1.54) is 0 Å². The van der Waals surface area contributed by atoms with Gasteiger partial charge < -0.3 is 14.6 Å². The molecule has 9 heteroatoms. The van der Waals surface area contributed by atoms with Crippen molar-refractivity contribution in [2.75, 3.05) is 11.9 Å². The number of aliphatic imine (C=N–C) groups is 1. The monoisotopic (exact) mass is 397 g/mol. The molecule has 2 aromatic rings. The third kappa shape index (κ3) is 5.18. The summed E-state index contributed by atoms with van der Waals surface area (Å²) < 4.78 is 39.0. The molecule has 0 aliphatic carbocycles.